The summed E-state index contributed by atoms with van der Waals surface area (Å²) in [5, 5.41) is 0. The summed E-state index contributed by atoms with van der Waals surface area (Å²) in [6.07, 6.45) is 0. The quantitative estimate of drug-likeness (QED) is 0.901. The molecule has 1 aromatic carbocycles. The van der Waals surface area contributed by atoms with E-state index in [4.69, 9.17) is 15.2 Å². The highest BCUT2D eigenvalue weighted by Crippen LogP contribution is 2.20. The lowest BCUT2D eigenvalue weighted by Gasteiger charge is -2.39. The van der Waals surface area contributed by atoms with Gasteiger partial charge >= 0.3 is 0 Å². The lowest BCUT2D eigenvalue weighted by molar-refractivity contribution is -0.0869. The van der Waals surface area contributed by atoms with Crippen LogP contribution in [-0.4, -0.2) is 43.9 Å². The Kier molecular flexibility index (Phi) is 4.45. The molecule has 4 nitrogen and oxygen atoms in total. The standard InChI is InChI=1S/C15H24N2O2/c1-15(2)11-17(8-9-19-15)10-14(16)12-4-6-13(18-3)7-5-12/h4-7,14H,8-11,16H2,1-3H3. The molecule has 1 fully saturated rings. The number of hydrogen-bond acceptors (Lipinski definition) is 4. The summed E-state index contributed by atoms with van der Waals surface area (Å²) in [5.74, 6) is 0.864. The number of methoxy groups -OCH3 is 1. The Morgan fingerprint density at radius 2 is 2.05 bits per heavy atom. The van der Waals surface area contributed by atoms with E-state index in [0.29, 0.717) is 0 Å². The molecule has 0 saturated carbocycles. The Hall–Kier alpha value is -1.10. The molecule has 0 aliphatic carbocycles. The van der Waals surface area contributed by atoms with E-state index in [0.717, 1.165) is 37.6 Å². The first-order valence-corrected chi connectivity index (χ1v) is 6.76. The number of nitrogens with zero attached hydrogens (tertiary/aromatic N) is 1. The van der Waals surface area contributed by atoms with Gasteiger partial charge in [0.05, 0.1) is 19.3 Å². The molecule has 2 N–H and O–H groups in total. The normalized spacial score (nSPS) is 21.1. The first kappa shape index (κ1) is 14.3. The molecule has 4 heteroatoms. The summed E-state index contributed by atoms with van der Waals surface area (Å²) >= 11 is 0. The first-order valence-electron chi connectivity index (χ1n) is 6.76. The molecule has 0 amide bonds. The van der Waals surface area contributed by atoms with Crippen LogP contribution in [0.1, 0.15) is 25.5 Å². The first-order chi connectivity index (χ1) is 9.00. The average Bonchev–Trinajstić information content (AvgIpc) is 2.37. The highest BCUT2D eigenvalue weighted by atomic mass is 16.5. The van der Waals surface area contributed by atoms with Gasteiger partial charge < -0.3 is 15.2 Å². The van der Waals surface area contributed by atoms with Crippen molar-refractivity contribution in [1.82, 2.24) is 4.90 Å². The number of morpholine rings is 1. The van der Waals surface area contributed by atoms with Gasteiger partial charge in [0, 0.05) is 25.7 Å². The molecule has 1 unspecified atom stereocenters. The van der Waals surface area contributed by atoms with Gasteiger partial charge in [-0.3, -0.25) is 4.90 Å². The summed E-state index contributed by atoms with van der Waals surface area (Å²) in [5.41, 5.74) is 7.35. The number of ether oxygens (including phenoxy) is 2. The van der Waals surface area contributed by atoms with Gasteiger partial charge in [0.15, 0.2) is 0 Å². The summed E-state index contributed by atoms with van der Waals surface area (Å²) < 4.78 is 10.9. The Balaban J connectivity index is 1.94. The molecular weight excluding hydrogens is 240 g/mol. The van der Waals surface area contributed by atoms with Crippen molar-refractivity contribution in [1.29, 1.82) is 0 Å². The van der Waals surface area contributed by atoms with Crippen LogP contribution < -0.4 is 10.5 Å². The third kappa shape index (κ3) is 3.93. The molecule has 1 aliphatic heterocycles. The van der Waals surface area contributed by atoms with Gasteiger partial charge in [-0.05, 0) is 31.5 Å². The number of rotatable bonds is 4. The van der Waals surface area contributed by atoms with Crippen LogP contribution in [0.3, 0.4) is 0 Å². The van der Waals surface area contributed by atoms with Gasteiger partial charge in [-0.15, -0.1) is 0 Å². The van der Waals surface area contributed by atoms with Crippen LogP contribution in [0, 0.1) is 0 Å². The second kappa shape index (κ2) is 5.90. The maximum atomic E-state index is 6.28. The van der Waals surface area contributed by atoms with Crippen molar-refractivity contribution >= 4 is 0 Å². The molecule has 19 heavy (non-hydrogen) atoms. The summed E-state index contributed by atoms with van der Waals surface area (Å²) in [6.45, 7) is 7.77. The molecule has 1 atom stereocenters. The summed E-state index contributed by atoms with van der Waals surface area (Å²) in [7, 11) is 1.67. The van der Waals surface area contributed by atoms with Gasteiger partial charge in [-0.1, -0.05) is 12.1 Å². The van der Waals surface area contributed by atoms with Crippen molar-refractivity contribution in [2.75, 3.05) is 33.4 Å². The lowest BCUT2D eigenvalue weighted by Crippen LogP contribution is -2.50. The van der Waals surface area contributed by atoms with E-state index in [9.17, 15) is 0 Å². The van der Waals surface area contributed by atoms with Crippen molar-refractivity contribution < 1.29 is 9.47 Å². The molecule has 0 bridgehead atoms. The van der Waals surface area contributed by atoms with Gasteiger partial charge in [0.1, 0.15) is 5.75 Å². The van der Waals surface area contributed by atoms with Crippen LogP contribution in [0.15, 0.2) is 24.3 Å². The van der Waals surface area contributed by atoms with Crippen LogP contribution in [0.4, 0.5) is 0 Å². The number of hydrogen-bond donors (Lipinski definition) is 1. The van der Waals surface area contributed by atoms with E-state index >= 15 is 0 Å². The molecule has 0 spiro atoms. The fourth-order valence-electron chi connectivity index (χ4n) is 2.50. The SMILES string of the molecule is COc1ccc(C(N)CN2CCOC(C)(C)C2)cc1. The molecule has 2 rings (SSSR count). The van der Waals surface area contributed by atoms with Crippen molar-refractivity contribution in [3.8, 4) is 5.75 Å². The Labute approximate surface area is 115 Å². The van der Waals surface area contributed by atoms with Crippen LogP contribution >= 0.6 is 0 Å². The zero-order chi connectivity index (χ0) is 13.9. The number of benzene rings is 1. The van der Waals surface area contributed by atoms with E-state index < -0.39 is 0 Å². The molecule has 0 aromatic heterocycles. The molecule has 1 saturated heterocycles. The molecular formula is C15H24N2O2. The minimum Gasteiger partial charge on any atom is -0.497 e. The van der Waals surface area contributed by atoms with Crippen LogP contribution in [0.25, 0.3) is 0 Å². The zero-order valence-electron chi connectivity index (χ0n) is 12.1. The minimum atomic E-state index is -0.0715. The lowest BCUT2D eigenvalue weighted by atomic mass is 10.0. The van der Waals surface area contributed by atoms with E-state index in [2.05, 4.69) is 18.7 Å². The topological polar surface area (TPSA) is 47.7 Å². The Bertz CT molecular complexity index is 403. The van der Waals surface area contributed by atoms with Crippen LogP contribution in [0.5, 0.6) is 5.75 Å². The maximum absolute atomic E-state index is 6.28. The van der Waals surface area contributed by atoms with Gasteiger partial charge in [0.25, 0.3) is 0 Å². The van der Waals surface area contributed by atoms with Gasteiger partial charge in [0.2, 0.25) is 0 Å². The van der Waals surface area contributed by atoms with E-state index in [-0.39, 0.29) is 11.6 Å². The van der Waals surface area contributed by atoms with Crippen molar-refractivity contribution in [2.45, 2.75) is 25.5 Å². The predicted octanol–water partition coefficient (Wildman–Crippen LogP) is 1.81. The van der Waals surface area contributed by atoms with Gasteiger partial charge in [-0.2, -0.15) is 0 Å². The van der Waals surface area contributed by atoms with Crippen LogP contribution in [0.2, 0.25) is 0 Å². The highest BCUT2D eigenvalue weighted by molar-refractivity contribution is 5.29. The van der Waals surface area contributed by atoms with Gasteiger partial charge in [-0.25, -0.2) is 0 Å². The van der Waals surface area contributed by atoms with E-state index in [1.54, 1.807) is 7.11 Å². The van der Waals surface area contributed by atoms with E-state index in [1.807, 2.05) is 24.3 Å². The average molecular weight is 264 g/mol. The predicted molar refractivity (Wildman–Crippen MR) is 76.4 cm³/mol. The third-order valence-corrected chi connectivity index (χ3v) is 3.50. The van der Waals surface area contributed by atoms with Crippen LogP contribution in [-0.2, 0) is 4.74 Å². The number of nitrogens with two attached hydrogens (primary N) is 1. The molecule has 1 heterocycles. The molecule has 106 valence electrons. The molecule has 1 aliphatic rings. The Morgan fingerprint density at radius 1 is 1.37 bits per heavy atom. The Morgan fingerprint density at radius 3 is 2.63 bits per heavy atom. The fraction of sp³-hybridized carbons (Fsp3) is 0.600. The monoisotopic (exact) mass is 264 g/mol. The summed E-state index contributed by atoms with van der Waals surface area (Å²) in [6, 6.07) is 8.01. The van der Waals surface area contributed by atoms with E-state index in [1.165, 1.54) is 0 Å². The maximum Gasteiger partial charge on any atom is 0.118 e. The molecule has 0 radical (unpaired) electrons. The van der Waals surface area contributed by atoms with Crippen molar-refractivity contribution in [2.24, 2.45) is 5.73 Å². The molecule has 1 aromatic rings. The smallest absolute Gasteiger partial charge is 0.118 e. The van der Waals surface area contributed by atoms with Crippen molar-refractivity contribution in [3.63, 3.8) is 0 Å². The summed E-state index contributed by atoms with van der Waals surface area (Å²) in [4.78, 5) is 2.37. The second-order valence-electron chi connectivity index (χ2n) is 5.72. The zero-order valence-corrected chi connectivity index (χ0v) is 12.1. The third-order valence-electron chi connectivity index (χ3n) is 3.50. The minimum absolute atomic E-state index is 0.0276. The highest BCUT2D eigenvalue weighted by Gasteiger charge is 2.27. The second-order valence-corrected chi connectivity index (χ2v) is 5.72. The fourth-order valence-corrected chi connectivity index (χ4v) is 2.50. The largest absolute Gasteiger partial charge is 0.497 e. The van der Waals surface area contributed by atoms with Crippen molar-refractivity contribution in [3.05, 3.63) is 29.8 Å².